The van der Waals surface area contributed by atoms with Gasteiger partial charge in [-0.1, -0.05) is 206 Å². The molecule has 0 radical (unpaired) electrons. The normalized spacial score (nSPS) is 11.4. The van der Waals surface area contributed by atoms with E-state index in [1.54, 1.807) is 0 Å². The lowest BCUT2D eigenvalue weighted by atomic mass is 9.92. The minimum absolute atomic E-state index is 0.628. The van der Waals surface area contributed by atoms with Crippen molar-refractivity contribution in [2.45, 2.75) is 0 Å². The van der Waals surface area contributed by atoms with Gasteiger partial charge < -0.3 is 4.42 Å². The minimum Gasteiger partial charge on any atom is -0.455 e. The van der Waals surface area contributed by atoms with Crippen molar-refractivity contribution in [1.82, 2.24) is 15.0 Å². The first kappa shape index (κ1) is 34.3. The molecule has 0 atom stereocenters. The Morgan fingerprint density at radius 2 is 0.627 bits per heavy atom. The van der Waals surface area contributed by atoms with Gasteiger partial charge in [0.1, 0.15) is 11.2 Å². The van der Waals surface area contributed by atoms with Gasteiger partial charge in [0.2, 0.25) is 0 Å². The molecule has 2 aromatic heterocycles. The molecule has 0 bridgehead atoms. The van der Waals surface area contributed by atoms with E-state index >= 15 is 0 Å². The standard InChI is InChI=1S/C55H35N3O/c1-3-14-36(15-4-1)44-18-7-8-20-50(44)55-57-53(40-16-5-2-6-17-40)56-54(58-55)41-34-32-38(33-35-41)43-22-12-24-46-42(21-11-25-47(43)46)37-28-30-39(31-29-37)45-23-13-26-49-48-19-9-10-27-51(48)59-52(45)49/h1-35H. The maximum absolute atomic E-state index is 6.35. The third-order valence-corrected chi connectivity index (χ3v) is 11.2. The first-order valence-electron chi connectivity index (χ1n) is 19.9. The SMILES string of the molecule is c1ccc(-c2nc(-c3ccc(-c4cccc5c(-c6ccc(-c7cccc8c7oc7ccccc78)cc6)cccc45)cc3)nc(-c3ccccc3-c3ccccc3)n2)cc1. The van der Waals surface area contributed by atoms with Gasteiger partial charge in [0, 0.05) is 33.0 Å². The van der Waals surface area contributed by atoms with Crippen molar-refractivity contribution in [3.8, 4) is 78.7 Å². The van der Waals surface area contributed by atoms with Crippen LogP contribution in [0.4, 0.5) is 0 Å². The summed E-state index contributed by atoms with van der Waals surface area (Å²) in [4.78, 5) is 15.2. The Bertz CT molecular complexity index is 3300. The molecule has 9 aromatic carbocycles. The van der Waals surface area contributed by atoms with E-state index in [-0.39, 0.29) is 0 Å². The zero-order valence-electron chi connectivity index (χ0n) is 32.0. The van der Waals surface area contributed by atoms with Crippen molar-refractivity contribution >= 4 is 32.7 Å². The topological polar surface area (TPSA) is 51.8 Å². The quantitative estimate of drug-likeness (QED) is 0.163. The highest BCUT2D eigenvalue weighted by Gasteiger charge is 2.17. The number of benzene rings is 9. The summed E-state index contributed by atoms with van der Waals surface area (Å²) in [5.41, 5.74) is 13.7. The fourth-order valence-electron chi connectivity index (χ4n) is 8.31. The molecule has 0 fully saturated rings. The van der Waals surface area contributed by atoms with Crippen molar-refractivity contribution in [3.63, 3.8) is 0 Å². The Hall–Kier alpha value is -7.95. The molecule has 0 N–H and O–H groups in total. The molecule has 0 unspecified atom stereocenters. The molecule has 2 heterocycles. The molecule has 0 saturated carbocycles. The van der Waals surface area contributed by atoms with E-state index in [9.17, 15) is 0 Å². The second kappa shape index (κ2) is 14.5. The lowest BCUT2D eigenvalue weighted by Crippen LogP contribution is -2.01. The van der Waals surface area contributed by atoms with Crippen molar-refractivity contribution in [3.05, 3.63) is 212 Å². The fourth-order valence-corrected chi connectivity index (χ4v) is 8.31. The molecule has 59 heavy (non-hydrogen) atoms. The predicted molar refractivity (Wildman–Crippen MR) is 243 cm³/mol. The number of nitrogens with zero attached hydrogens (tertiary/aromatic N) is 3. The van der Waals surface area contributed by atoms with Crippen molar-refractivity contribution < 1.29 is 4.42 Å². The number of furan rings is 1. The summed E-state index contributed by atoms with van der Waals surface area (Å²) in [6.07, 6.45) is 0. The number of aromatic nitrogens is 3. The van der Waals surface area contributed by atoms with Crippen LogP contribution in [0.5, 0.6) is 0 Å². The fraction of sp³-hybridized carbons (Fsp3) is 0. The average molecular weight is 754 g/mol. The van der Waals surface area contributed by atoms with E-state index in [0.717, 1.165) is 72.0 Å². The third-order valence-electron chi connectivity index (χ3n) is 11.2. The average Bonchev–Trinajstić information content (AvgIpc) is 3.71. The molecule has 0 spiro atoms. The van der Waals surface area contributed by atoms with Gasteiger partial charge >= 0.3 is 0 Å². The molecular formula is C55H35N3O. The summed E-state index contributed by atoms with van der Waals surface area (Å²) in [6.45, 7) is 0. The van der Waals surface area contributed by atoms with Crippen LogP contribution >= 0.6 is 0 Å². The van der Waals surface area contributed by atoms with Crippen LogP contribution in [0.3, 0.4) is 0 Å². The van der Waals surface area contributed by atoms with Gasteiger partial charge in [-0.15, -0.1) is 0 Å². The smallest absolute Gasteiger partial charge is 0.164 e. The van der Waals surface area contributed by atoms with Crippen LogP contribution in [0.1, 0.15) is 0 Å². The first-order valence-corrected chi connectivity index (χ1v) is 19.9. The summed E-state index contributed by atoms with van der Waals surface area (Å²) < 4.78 is 6.35. The van der Waals surface area contributed by atoms with Gasteiger partial charge in [0.05, 0.1) is 0 Å². The number of para-hydroxylation sites is 2. The van der Waals surface area contributed by atoms with Gasteiger partial charge in [-0.05, 0) is 55.8 Å². The second-order valence-corrected chi connectivity index (χ2v) is 14.7. The maximum Gasteiger partial charge on any atom is 0.164 e. The van der Waals surface area contributed by atoms with Gasteiger partial charge in [-0.2, -0.15) is 0 Å². The van der Waals surface area contributed by atoms with Crippen LogP contribution in [0, 0.1) is 0 Å². The number of hydrogen-bond acceptors (Lipinski definition) is 4. The van der Waals surface area contributed by atoms with Crippen LogP contribution in [-0.2, 0) is 0 Å². The molecule has 0 aliphatic carbocycles. The van der Waals surface area contributed by atoms with Crippen LogP contribution in [0.2, 0.25) is 0 Å². The molecule has 276 valence electrons. The highest BCUT2D eigenvalue weighted by atomic mass is 16.3. The Kier molecular flexibility index (Phi) is 8.45. The van der Waals surface area contributed by atoms with Crippen molar-refractivity contribution in [2.75, 3.05) is 0 Å². The molecule has 11 aromatic rings. The van der Waals surface area contributed by atoms with Crippen molar-refractivity contribution in [2.24, 2.45) is 0 Å². The number of fused-ring (bicyclic) bond motifs is 4. The summed E-state index contributed by atoms with van der Waals surface area (Å²) in [5, 5.41) is 4.67. The maximum atomic E-state index is 6.35. The Morgan fingerprint density at radius 1 is 0.237 bits per heavy atom. The monoisotopic (exact) mass is 753 g/mol. The molecule has 4 heteroatoms. The van der Waals surface area contributed by atoms with E-state index < -0.39 is 0 Å². The molecule has 11 rings (SSSR count). The van der Waals surface area contributed by atoms with Crippen LogP contribution in [-0.4, -0.2) is 15.0 Å². The number of hydrogen-bond donors (Lipinski definition) is 0. The van der Waals surface area contributed by atoms with Gasteiger partial charge in [0.15, 0.2) is 17.5 Å². The highest BCUT2D eigenvalue weighted by molar-refractivity contribution is 6.10. The van der Waals surface area contributed by atoms with Crippen LogP contribution in [0.15, 0.2) is 217 Å². The molecule has 4 nitrogen and oxygen atoms in total. The lowest BCUT2D eigenvalue weighted by molar-refractivity contribution is 0.670. The van der Waals surface area contributed by atoms with Crippen LogP contribution in [0.25, 0.3) is 111 Å². The van der Waals surface area contributed by atoms with Gasteiger partial charge in [0.25, 0.3) is 0 Å². The zero-order valence-corrected chi connectivity index (χ0v) is 32.0. The van der Waals surface area contributed by atoms with Gasteiger partial charge in [-0.25, -0.2) is 15.0 Å². The second-order valence-electron chi connectivity index (χ2n) is 14.7. The predicted octanol–water partition coefficient (Wildman–Crippen LogP) is 14.6. The lowest BCUT2D eigenvalue weighted by Gasteiger charge is -2.13. The molecule has 0 saturated heterocycles. The van der Waals surface area contributed by atoms with E-state index in [1.807, 2.05) is 54.6 Å². The Balaban J connectivity index is 0.947. The minimum atomic E-state index is 0.628. The Morgan fingerprint density at radius 3 is 1.25 bits per heavy atom. The van der Waals surface area contributed by atoms with E-state index in [1.165, 1.54) is 21.9 Å². The van der Waals surface area contributed by atoms with E-state index in [2.05, 4.69) is 158 Å². The van der Waals surface area contributed by atoms with Crippen LogP contribution < -0.4 is 0 Å². The molecular weight excluding hydrogens is 719 g/mol. The summed E-state index contributed by atoms with van der Waals surface area (Å²) >= 11 is 0. The van der Waals surface area contributed by atoms with Gasteiger partial charge in [-0.3, -0.25) is 0 Å². The molecule has 0 aliphatic heterocycles. The van der Waals surface area contributed by atoms with Crippen molar-refractivity contribution in [1.29, 1.82) is 0 Å². The van der Waals surface area contributed by atoms with E-state index in [4.69, 9.17) is 19.4 Å². The number of rotatable bonds is 7. The van der Waals surface area contributed by atoms with E-state index in [0.29, 0.717) is 17.5 Å². The summed E-state index contributed by atoms with van der Waals surface area (Å²) in [5.74, 6) is 1.90. The highest BCUT2D eigenvalue weighted by Crippen LogP contribution is 2.39. The molecule has 0 aliphatic rings. The largest absolute Gasteiger partial charge is 0.455 e. The summed E-state index contributed by atoms with van der Waals surface area (Å²) in [7, 11) is 0. The first-order chi connectivity index (χ1) is 29.2. The zero-order chi connectivity index (χ0) is 39.1. The molecule has 0 amide bonds. The third kappa shape index (κ3) is 6.24. The Labute approximate surface area is 341 Å². The summed E-state index contributed by atoms with van der Waals surface area (Å²) in [6, 6.07) is 74.0.